The van der Waals surface area contributed by atoms with Crippen LogP contribution in [-0.4, -0.2) is 42.9 Å². The van der Waals surface area contributed by atoms with E-state index in [1.54, 1.807) is 4.90 Å². The molecule has 6 heteroatoms. The van der Waals surface area contributed by atoms with Crippen molar-refractivity contribution >= 4 is 5.91 Å². The summed E-state index contributed by atoms with van der Waals surface area (Å²) in [5.41, 5.74) is -0.101. The molecule has 1 aromatic carbocycles. The highest BCUT2D eigenvalue weighted by molar-refractivity contribution is 5.94. The quantitative estimate of drug-likeness (QED) is 0.790. The highest BCUT2D eigenvalue weighted by Gasteiger charge is 2.41. The lowest BCUT2D eigenvalue weighted by Crippen LogP contribution is -2.47. The SMILES string of the molecule is O=C(c1ccc(F)cc1F)N1CCC2(CC1)OCCO2. The number of carbonyl (C=O) groups is 1. The van der Waals surface area contributed by atoms with E-state index in [2.05, 4.69) is 0 Å². The zero-order chi connectivity index (χ0) is 14.2. The minimum atomic E-state index is -0.830. The first-order chi connectivity index (χ1) is 9.60. The molecule has 0 aromatic heterocycles. The van der Waals surface area contributed by atoms with Gasteiger partial charge in [0, 0.05) is 32.0 Å². The Morgan fingerprint density at radius 1 is 1.15 bits per heavy atom. The van der Waals surface area contributed by atoms with Gasteiger partial charge < -0.3 is 14.4 Å². The smallest absolute Gasteiger partial charge is 0.256 e. The van der Waals surface area contributed by atoms with Gasteiger partial charge in [-0.2, -0.15) is 0 Å². The Labute approximate surface area is 115 Å². The first kappa shape index (κ1) is 13.5. The molecule has 0 saturated carbocycles. The van der Waals surface area contributed by atoms with Crippen molar-refractivity contribution in [3.8, 4) is 0 Å². The Hall–Kier alpha value is -1.53. The summed E-state index contributed by atoms with van der Waals surface area (Å²) in [6, 6.07) is 2.99. The van der Waals surface area contributed by atoms with Gasteiger partial charge in [-0.15, -0.1) is 0 Å². The van der Waals surface area contributed by atoms with Gasteiger partial charge >= 0.3 is 0 Å². The van der Waals surface area contributed by atoms with Crippen LogP contribution in [0.1, 0.15) is 23.2 Å². The fourth-order valence-electron chi connectivity index (χ4n) is 2.67. The van der Waals surface area contributed by atoms with E-state index >= 15 is 0 Å². The van der Waals surface area contributed by atoms with Gasteiger partial charge in [0.25, 0.3) is 5.91 Å². The molecule has 1 spiro atoms. The Balaban J connectivity index is 1.69. The molecule has 0 radical (unpaired) electrons. The molecule has 1 aromatic rings. The van der Waals surface area contributed by atoms with Crippen LogP contribution >= 0.6 is 0 Å². The van der Waals surface area contributed by atoms with Gasteiger partial charge in [0.05, 0.1) is 18.8 Å². The number of carbonyl (C=O) groups excluding carboxylic acids is 1. The van der Waals surface area contributed by atoms with Gasteiger partial charge in [0.1, 0.15) is 11.6 Å². The largest absolute Gasteiger partial charge is 0.347 e. The van der Waals surface area contributed by atoms with E-state index in [0.717, 1.165) is 12.1 Å². The van der Waals surface area contributed by atoms with Crippen molar-refractivity contribution in [2.24, 2.45) is 0 Å². The van der Waals surface area contributed by atoms with Crippen molar-refractivity contribution in [1.29, 1.82) is 0 Å². The predicted octanol–water partition coefficient (Wildman–Crippen LogP) is 1.94. The average Bonchev–Trinajstić information content (AvgIpc) is 2.87. The number of hydrogen-bond donors (Lipinski definition) is 0. The van der Waals surface area contributed by atoms with Gasteiger partial charge in [-0.05, 0) is 12.1 Å². The number of benzene rings is 1. The summed E-state index contributed by atoms with van der Waals surface area (Å²) < 4.78 is 37.6. The highest BCUT2D eigenvalue weighted by atomic mass is 19.1. The van der Waals surface area contributed by atoms with E-state index in [9.17, 15) is 13.6 Å². The topological polar surface area (TPSA) is 38.8 Å². The van der Waals surface area contributed by atoms with Gasteiger partial charge in [0.15, 0.2) is 5.79 Å². The van der Waals surface area contributed by atoms with Crippen LogP contribution in [0.4, 0.5) is 8.78 Å². The third-order valence-corrected chi connectivity index (χ3v) is 3.79. The Kier molecular flexibility index (Phi) is 3.43. The van der Waals surface area contributed by atoms with E-state index in [1.807, 2.05) is 0 Å². The zero-order valence-corrected chi connectivity index (χ0v) is 10.9. The summed E-state index contributed by atoms with van der Waals surface area (Å²) in [6.07, 6.45) is 1.14. The molecule has 2 aliphatic rings. The number of hydrogen-bond acceptors (Lipinski definition) is 3. The molecule has 0 unspecified atom stereocenters. The number of ether oxygens (including phenoxy) is 2. The lowest BCUT2D eigenvalue weighted by atomic mass is 10.0. The van der Waals surface area contributed by atoms with Crippen LogP contribution in [0, 0.1) is 11.6 Å². The normalized spacial score (nSPS) is 21.4. The van der Waals surface area contributed by atoms with Crippen molar-refractivity contribution in [3.63, 3.8) is 0 Å². The maximum atomic E-state index is 13.6. The Morgan fingerprint density at radius 3 is 2.40 bits per heavy atom. The summed E-state index contributed by atoms with van der Waals surface area (Å²) in [4.78, 5) is 13.8. The fourth-order valence-corrected chi connectivity index (χ4v) is 2.67. The van der Waals surface area contributed by atoms with Crippen LogP contribution in [0.3, 0.4) is 0 Å². The average molecular weight is 283 g/mol. The standard InChI is InChI=1S/C14H15F2NO3/c15-10-1-2-11(12(16)9-10)13(18)17-5-3-14(4-6-17)19-7-8-20-14/h1-2,9H,3-8H2. The third-order valence-electron chi connectivity index (χ3n) is 3.79. The molecule has 2 aliphatic heterocycles. The lowest BCUT2D eigenvalue weighted by Gasteiger charge is -2.37. The lowest BCUT2D eigenvalue weighted by molar-refractivity contribution is -0.181. The first-order valence-electron chi connectivity index (χ1n) is 6.62. The molecule has 108 valence electrons. The van der Waals surface area contributed by atoms with Crippen LogP contribution in [0.5, 0.6) is 0 Å². The van der Waals surface area contributed by atoms with E-state index in [-0.39, 0.29) is 5.56 Å². The summed E-state index contributed by atoms with van der Waals surface area (Å²) in [6.45, 7) is 2.02. The number of nitrogens with zero attached hydrogens (tertiary/aromatic N) is 1. The van der Waals surface area contributed by atoms with Crippen molar-refractivity contribution in [1.82, 2.24) is 4.90 Å². The molecule has 1 amide bonds. The summed E-state index contributed by atoms with van der Waals surface area (Å²) >= 11 is 0. The molecule has 0 atom stereocenters. The number of piperidine rings is 1. The summed E-state index contributed by atoms with van der Waals surface area (Å²) in [5, 5.41) is 0. The molecule has 3 rings (SSSR count). The second-order valence-corrected chi connectivity index (χ2v) is 5.02. The maximum Gasteiger partial charge on any atom is 0.256 e. The third kappa shape index (κ3) is 2.41. The van der Waals surface area contributed by atoms with Crippen molar-refractivity contribution in [2.75, 3.05) is 26.3 Å². The van der Waals surface area contributed by atoms with Crippen molar-refractivity contribution < 1.29 is 23.0 Å². The van der Waals surface area contributed by atoms with Crippen LogP contribution < -0.4 is 0 Å². The fraction of sp³-hybridized carbons (Fsp3) is 0.500. The van der Waals surface area contributed by atoms with E-state index < -0.39 is 23.3 Å². The highest BCUT2D eigenvalue weighted by Crippen LogP contribution is 2.31. The second kappa shape index (κ2) is 5.10. The molecule has 20 heavy (non-hydrogen) atoms. The predicted molar refractivity (Wildman–Crippen MR) is 66.1 cm³/mol. The minimum absolute atomic E-state index is 0.101. The first-order valence-corrected chi connectivity index (χ1v) is 6.62. The number of amides is 1. The number of likely N-dealkylation sites (tertiary alicyclic amines) is 1. The molecular formula is C14H15F2NO3. The van der Waals surface area contributed by atoms with Gasteiger partial charge in [-0.1, -0.05) is 0 Å². The van der Waals surface area contributed by atoms with Gasteiger partial charge in [-0.3, -0.25) is 4.79 Å². The summed E-state index contributed by atoms with van der Waals surface area (Å²) in [7, 11) is 0. The van der Waals surface area contributed by atoms with Crippen LogP contribution in [0.25, 0.3) is 0 Å². The zero-order valence-electron chi connectivity index (χ0n) is 10.9. The van der Waals surface area contributed by atoms with Crippen molar-refractivity contribution in [3.05, 3.63) is 35.4 Å². The molecule has 0 bridgehead atoms. The van der Waals surface area contributed by atoms with E-state index in [1.165, 1.54) is 6.07 Å². The molecule has 2 heterocycles. The van der Waals surface area contributed by atoms with Crippen LogP contribution in [0.15, 0.2) is 18.2 Å². The summed E-state index contributed by atoms with van der Waals surface area (Å²) in [5.74, 6) is -2.51. The van der Waals surface area contributed by atoms with Crippen LogP contribution in [-0.2, 0) is 9.47 Å². The molecule has 0 N–H and O–H groups in total. The number of rotatable bonds is 1. The second-order valence-electron chi connectivity index (χ2n) is 5.02. The maximum absolute atomic E-state index is 13.6. The molecule has 4 nitrogen and oxygen atoms in total. The van der Waals surface area contributed by atoms with Gasteiger partial charge in [-0.25, -0.2) is 8.78 Å². The van der Waals surface area contributed by atoms with Crippen molar-refractivity contribution in [2.45, 2.75) is 18.6 Å². The van der Waals surface area contributed by atoms with E-state index in [4.69, 9.17) is 9.47 Å². The van der Waals surface area contributed by atoms with E-state index in [0.29, 0.717) is 39.1 Å². The number of halogens is 2. The molecular weight excluding hydrogens is 268 g/mol. The van der Waals surface area contributed by atoms with Crippen LogP contribution in [0.2, 0.25) is 0 Å². The monoisotopic (exact) mass is 283 g/mol. The molecule has 2 saturated heterocycles. The Bertz CT molecular complexity index is 519. The van der Waals surface area contributed by atoms with Gasteiger partial charge in [0.2, 0.25) is 0 Å². The molecule has 2 fully saturated rings. The Morgan fingerprint density at radius 2 is 1.80 bits per heavy atom. The molecule has 0 aliphatic carbocycles. The minimum Gasteiger partial charge on any atom is -0.347 e.